The van der Waals surface area contributed by atoms with Crippen molar-refractivity contribution in [2.75, 3.05) is 25.8 Å². The summed E-state index contributed by atoms with van der Waals surface area (Å²) in [5, 5.41) is 5.66. The van der Waals surface area contributed by atoms with Crippen LogP contribution in [-0.2, 0) is 17.8 Å². The van der Waals surface area contributed by atoms with Gasteiger partial charge in [0, 0.05) is 19.3 Å². The molecule has 0 aromatic heterocycles. The van der Waals surface area contributed by atoms with Crippen molar-refractivity contribution in [1.82, 2.24) is 5.32 Å². The Morgan fingerprint density at radius 2 is 2.00 bits per heavy atom. The van der Waals surface area contributed by atoms with E-state index in [4.69, 9.17) is 14.2 Å². The number of fused-ring (bicyclic) bond motifs is 1. The van der Waals surface area contributed by atoms with Crippen LogP contribution >= 0.6 is 0 Å². The normalized spacial score (nSPS) is 12.0. The van der Waals surface area contributed by atoms with Crippen LogP contribution in [0.5, 0.6) is 11.5 Å². The number of carbonyl (C=O) groups is 1. The molecule has 6 heteroatoms. The second-order valence-electron chi connectivity index (χ2n) is 5.45. The molecule has 6 nitrogen and oxygen atoms in total. The van der Waals surface area contributed by atoms with Crippen molar-refractivity contribution >= 4 is 11.7 Å². The molecule has 1 aliphatic rings. The SMILES string of the molecule is COCc1cccc(NC(=O)NCCc2ccc3c(c2)OCO3)c1. The number of amides is 2. The first-order chi connectivity index (χ1) is 11.7. The van der Waals surface area contributed by atoms with Crippen LogP contribution < -0.4 is 20.1 Å². The van der Waals surface area contributed by atoms with Crippen molar-refractivity contribution in [1.29, 1.82) is 0 Å². The van der Waals surface area contributed by atoms with Crippen LogP contribution in [0.1, 0.15) is 11.1 Å². The van der Waals surface area contributed by atoms with Crippen LogP contribution in [0.25, 0.3) is 0 Å². The van der Waals surface area contributed by atoms with Gasteiger partial charge in [0.05, 0.1) is 6.61 Å². The van der Waals surface area contributed by atoms with Crippen LogP contribution in [0, 0.1) is 0 Å². The summed E-state index contributed by atoms with van der Waals surface area (Å²) in [4.78, 5) is 12.0. The van der Waals surface area contributed by atoms with Crippen molar-refractivity contribution in [3.63, 3.8) is 0 Å². The fourth-order valence-electron chi connectivity index (χ4n) is 2.50. The van der Waals surface area contributed by atoms with Gasteiger partial charge >= 0.3 is 6.03 Å². The highest BCUT2D eigenvalue weighted by atomic mass is 16.7. The largest absolute Gasteiger partial charge is 0.454 e. The quantitative estimate of drug-likeness (QED) is 0.855. The van der Waals surface area contributed by atoms with E-state index in [-0.39, 0.29) is 12.8 Å². The lowest BCUT2D eigenvalue weighted by atomic mass is 10.1. The lowest BCUT2D eigenvalue weighted by Crippen LogP contribution is -2.30. The van der Waals surface area contributed by atoms with Crippen LogP contribution in [0.3, 0.4) is 0 Å². The Morgan fingerprint density at radius 1 is 1.12 bits per heavy atom. The Bertz CT molecular complexity index is 718. The van der Waals surface area contributed by atoms with Gasteiger partial charge in [-0.25, -0.2) is 4.79 Å². The minimum absolute atomic E-state index is 0.231. The van der Waals surface area contributed by atoms with E-state index in [0.717, 1.165) is 28.3 Å². The molecule has 0 saturated heterocycles. The Morgan fingerprint density at radius 3 is 2.88 bits per heavy atom. The number of methoxy groups -OCH3 is 1. The number of urea groups is 1. The second-order valence-corrected chi connectivity index (χ2v) is 5.45. The minimum Gasteiger partial charge on any atom is -0.454 e. The molecule has 0 spiro atoms. The maximum atomic E-state index is 12.0. The summed E-state index contributed by atoms with van der Waals surface area (Å²) in [6, 6.07) is 13.1. The summed E-state index contributed by atoms with van der Waals surface area (Å²) in [5.74, 6) is 1.52. The predicted octanol–water partition coefficient (Wildman–Crippen LogP) is 2.93. The number of anilines is 1. The summed E-state index contributed by atoms with van der Waals surface area (Å²) < 4.78 is 15.7. The molecule has 0 fully saturated rings. The number of nitrogens with one attached hydrogen (secondary N) is 2. The summed E-state index contributed by atoms with van der Waals surface area (Å²) in [6.07, 6.45) is 0.716. The van der Waals surface area contributed by atoms with E-state index in [0.29, 0.717) is 19.6 Å². The Hall–Kier alpha value is -2.73. The molecule has 0 radical (unpaired) electrons. The first kappa shape index (κ1) is 16.1. The van der Waals surface area contributed by atoms with Crippen molar-refractivity contribution < 1.29 is 19.0 Å². The van der Waals surface area contributed by atoms with Gasteiger partial charge in [-0.15, -0.1) is 0 Å². The minimum atomic E-state index is -0.231. The van der Waals surface area contributed by atoms with Gasteiger partial charge in [-0.3, -0.25) is 0 Å². The van der Waals surface area contributed by atoms with Crippen LogP contribution in [-0.4, -0.2) is 26.5 Å². The molecule has 0 aliphatic carbocycles. The average Bonchev–Trinajstić information content (AvgIpc) is 3.03. The highest BCUT2D eigenvalue weighted by molar-refractivity contribution is 5.89. The maximum absolute atomic E-state index is 12.0. The molecule has 1 heterocycles. The third-order valence-electron chi connectivity index (χ3n) is 3.63. The molecule has 2 aromatic rings. The lowest BCUT2D eigenvalue weighted by molar-refractivity contribution is 0.174. The van der Waals surface area contributed by atoms with Gasteiger partial charge < -0.3 is 24.8 Å². The van der Waals surface area contributed by atoms with Gasteiger partial charge in [0.1, 0.15) is 0 Å². The van der Waals surface area contributed by atoms with Crippen LogP contribution in [0.15, 0.2) is 42.5 Å². The molecule has 2 N–H and O–H groups in total. The van der Waals surface area contributed by atoms with Gasteiger partial charge in [0.2, 0.25) is 6.79 Å². The zero-order valence-corrected chi connectivity index (χ0v) is 13.5. The van der Waals surface area contributed by atoms with E-state index in [2.05, 4.69) is 10.6 Å². The number of ether oxygens (including phenoxy) is 3. The summed E-state index contributed by atoms with van der Waals surface area (Å²) in [7, 11) is 1.64. The van der Waals surface area contributed by atoms with Crippen molar-refractivity contribution in [3.05, 3.63) is 53.6 Å². The number of rotatable bonds is 6. The molecule has 0 unspecified atom stereocenters. The van der Waals surface area contributed by atoms with Gasteiger partial charge in [-0.05, 0) is 41.8 Å². The molecule has 2 amide bonds. The summed E-state index contributed by atoms with van der Waals surface area (Å²) in [5.41, 5.74) is 2.84. The Balaban J connectivity index is 1.46. The summed E-state index contributed by atoms with van der Waals surface area (Å²) in [6.45, 7) is 1.31. The monoisotopic (exact) mass is 328 g/mol. The predicted molar refractivity (Wildman–Crippen MR) is 90.4 cm³/mol. The molecular weight excluding hydrogens is 308 g/mol. The number of carbonyl (C=O) groups excluding carboxylic acids is 1. The van der Waals surface area contributed by atoms with E-state index in [1.165, 1.54) is 0 Å². The number of benzene rings is 2. The first-order valence-corrected chi connectivity index (χ1v) is 7.76. The molecule has 0 atom stereocenters. The van der Waals surface area contributed by atoms with Crippen LogP contribution in [0.2, 0.25) is 0 Å². The third kappa shape index (κ3) is 4.17. The zero-order valence-electron chi connectivity index (χ0n) is 13.5. The standard InChI is InChI=1S/C18H20N2O4/c1-22-11-14-3-2-4-15(9-14)20-18(21)19-8-7-13-5-6-16-17(10-13)24-12-23-16/h2-6,9-10H,7-8,11-12H2,1H3,(H2,19,20,21). The fourth-order valence-corrected chi connectivity index (χ4v) is 2.50. The molecule has 3 rings (SSSR count). The highest BCUT2D eigenvalue weighted by Crippen LogP contribution is 2.32. The van der Waals surface area contributed by atoms with Crippen molar-refractivity contribution in [3.8, 4) is 11.5 Å². The van der Waals surface area contributed by atoms with E-state index >= 15 is 0 Å². The zero-order chi connectivity index (χ0) is 16.8. The molecular formula is C18H20N2O4. The highest BCUT2D eigenvalue weighted by Gasteiger charge is 2.13. The molecule has 2 aromatic carbocycles. The van der Waals surface area contributed by atoms with Gasteiger partial charge in [-0.2, -0.15) is 0 Å². The van der Waals surface area contributed by atoms with Crippen molar-refractivity contribution in [2.45, 2.75) is 13.0 Å². The fraction of sp³-hybridized carbons (Fsp3) is 0.278. The summed E-state index contributed by atoms with van der Waals surface area (Å²) >= 11 is 0. The molecule has 0 bridgehead atoms. The van der Waals surface area contributed by atoms with Crippen molar-refractivity contribution in [2.24, 2.45) is 0 Å². The van der Waals surface area contributed by atoms with E-state index < -0.39 is 0 Å². The maximum Gasteiger partial charge on any atom is 0.319 e. The Kier molecular flexibility index (Phi) is 5.18. The molecule has 0 saturated carbocycles. The van der Waals surface area contributed by atoms with Gasteiger partial charge in [0.15, 0.2) is 11.5 Å². The first-order valence-electron chi connectivity index (χ1n) is 7.76. The van der Waals surface area contributed by atoms with E-state index in [1.54, 1.807) is 7.11 Å². The number of hydrogen-bond donors (Lipinski definition) is 2. The third-order valence-corrected chi connectivity index (χ3v) is 3.63. The molecule has 126 valence electrons. The average molecular weight is 328 g/mol. The van der Waals surface area contributed by atoms with Crippen LogP contribution in [0.4, 0.5) is 10.5 Å². The number of hydrogen-bond acceptors (Lipinski definition) is 4. The Labute approximate surface area is 140 Å². The molecule has 1 aliphatic heterocycles. The molecule has 24 heavy (non-hydrogen) atoms. The second kappa shape index (κ2) is 7.70. The smallest absolute Gasteiger partial charge is 0.319 e. The van der Waals surface area contributed by atoms with Gasteiger partial charge in [-0.1, -0.05) is 18.2 Å². The lowest BCUT2D eigenvalue weighted by Gasteiger charge is -2.09. The van der Waals surface area contributed by atoms with E-state index in [1.807, 2.05) is 42.5 Å². The topological polar surface area (TPSA) is 68.8 Å². The van der Waals surface area contributed by atoms with Gasteiger partial charge in [0.25, 0.3) is 0 Å². The van der Waals surface area contributed by atoms with E-state index in [9.17, 15) is 4.79 Å².